The Hall–Kier alpha value is -0.510. The van der Waals surface area contributed by atoms with Crippen LogP contribution in [0.1, 0.15) is 45.6 Å². The molecule has 0 aromatic heterocycles. The lowest BCUT2D eigenvalue weighted by atomic mass is 9.45. The summed E-state index contributed by atoms with van der Waals surface area (Å²) in [6.07, 6.45) is 3.37. The van der Waals surface area contributed by atoms with Gasteiger partial charge in [-0.1, -0.05) is 51.1 Å². The standard InChI is InChI=1S/C20H28O2S/c1-4-20(21,13-8-6-5-7-9-13)18-22-12-15-16-10-14(19(16,2)3)11-17(15)23-18/h5-9,14-18,21H,4,10-12H2,1-3H3/t14-,15+,16+,17+,18?,20-/m1/s1. The van der Waals surface area contributed by atoms with Gasteiger partial charge in [0.2, 0.25) is 0 Å². The van der Waals surface area contributed by atoms with E-state index in [0.29, 0.717) is 23.0 Å². The highest BCUT2D eigenvalue weighted by Crippen LogP contribution is 2.65. The first-order chi connectivity index (χ1) is 11.0. The first-order valence-corrected chi connectivity index (χ1v) is 9.96. The van der Waals surface area contributed by atoms with Crippen molar-refractivity contribution in [2.24, 2.45) is 23.2 Å². The van der Waals surface area contributed by atoms with Crippen molar-refractivity contribution >= 4 is 11.8 Å². The van der Waals surface area contributed by atoms with Crippen molar-refractivity contribution in [3.8, 4) is 0 Å². The molecule has 23 heavy (non-hydrogen) atoms. The van der Waals surface area contributed by atoms with Crippen LogP contribution in [0, 0.1) is 23.2 Å². The molecule has 6 atom stereocenters. The topological polar surface area (TPSA) is 29.5 Å². The van der Waals surface area contributed by atoms with Crippen molar-refractivity contribution in [1.29, 1.82) is 0 Å². The number of thioether (sulfide) groups is 1. The molecule has 0 spiro atoms. The predicted molar refractivity (Wildman–Crippen MR) is 95.2 cm³/mol. The molecule has 4 aliphatic rings. The summed E-state index contributed by atoms with van der Waals surface area (Å²) in [5.41, 5.74) is 0.462. The van der Waals surface area contributed by atoms with Gasteiger partial charge in [0.1, 0.15) is 11.0 Å². The Kier molecular flexibility index (Phi) is 3.82. The highest BCUT2D eigenvalue weighted by Gasteiger charge is 2.60. The number of rotatable bonds is 3. The van der Waals surface area contributed by atoms with Crippen LogP contribution in [-0.4, -0.2) is 22.4 Å². The van der Waals surface area contributed by atoms with E-state index < -0.39 is 5.60 Å². The molecule has 1 heterocycles. The Balaban J connectivity index is 1.54. The molecule has 4 fully saturated rings. The maximum absolute atomic E-state index is 11.3. The summed E-state index contributed by atoms with van der Waals surface area (Å²) in [4.78, 5) is 0. The van der Waals surface area contributed by atoms with Gasteiger partial charge in [-0.15, -0.1) is 11.8 Å². The number of aliphatic hydroxyl groups is 1. The summed E-state index contributed by atoms with van der Waals surface area (Å²) < 4.78 is 6.26. The van der Waals surface area contributed by atoms with Crippen LogP contribution >= 0.6 is 11.8 Å². The second kappa shape index (κ2) is 5.50. The fourth-order valence-electron chi connectivity index (χ4n) is 5.16. The second-order valence-electron chi connectivity index (χ2n) is 8.24. The molecule has 5 rings (SSSR count). The Bertz CT molecular complexity index is 572. The van der Waals surface area contributed by atoms with E-state index in [0.717, 1.165) is 24.0 Å². The molecule has 1 aromatic carbocycles. The summed E-state index contributed by atoms with van der Waals surface area (Å²) in [6, 6.07) is 10.1. The van der Waals surface area contributed by atoms with Crippen molar-refractivity contribution in [1.82, 2.24) is 0 Å². The van der Waals surface area contributed by atoms with E-state index in [-0.39, 0.29) is 5.44 Å². The number of ether oxygens (including phenoxy) is 1. The molecule has 3 heteroatoms. The fourth-order valence-corrected chi connectivity index (χ4v) is 6.97. The normalized spacial score (nSPS) is 40.6. The minimum absolute atomic E-state index is 0.142. The lowest BCUT2D eigenvalue weighted by Crippen LogP contribution is -2.60. The maximum atomic E-state index is 11.3. The highest BCUT2D eigenvalue weighted by molar-refractivity contribution is 8.00. The minimum atomic E-state index is -0.881. The van der Waals surface area contributed by atoms with Gasteiger partial charge in [-0.3, -0.25) is 0 Å². The Morgan fingerprint density at radius 2 is 2.00 bits per heavy atom. The second-order valence-corrected chi connectivity index (χ2v) is 9.55. The average Bonchev–Trinajstić information content (AvgIpc) is 2.60. The van der Waals surface area contributed by atoms with Crippen molar-refractivity contribution < 1.29 is 9.84 Å². The molecule has 1 saturated heterocycles. The van der Waals surface area contributed by atoms with Crippen molar-refractivity contribution in [2.75, 3.05) is 6.61 Å². The van der Waals surface area contributed by atoms with E-state index in [9.17, 15) is 5.11 Å². The van der Waals surface area contributed by atoms with E-state index in [1.165, 1.54) is 12.8 Å². The third-order valence-electron chi connectivity index (χ3n) is 7.00. The van der Waals surface area contributed by atoms with Crippen LogP contribution in [0.4, 0.5) is 0 Å². The molecule has 3 saturated carbocycles. The summed E-state index contributed by atoms with van der Waals surface area (Å²) in [5, 5.41) is 12.0. The van der Waals surface area contributed by atoms with Crippen LogP contribution in [0.3, 0.4) is 0 Å². The number of benzene rings is 1. The molecule has 1 aromatic rings. The van der Waals surface area contributed by atoms with Crippen LogP contribution in [0.25, 0.3) is 0 Å². The lowest BCUT2D eigenvalue weighted by Gasteiger charge is -2.64. The molecule has 2 bridgehead atoms. The molecule has 2 nitrogen and oxygen atoms in total. The average molecular weight is 333 g/mol. The van der Waals surface area contributed by atoms with E-state index >= 15 is 0 Å². The molecule has 1 N–H and O–H groups in total. The molecule has 3 aliphatic carbocycles. The first kappa shape index (κ1) is 16.0. The zero-order chi connectivity index (χ0) is 16.2. The molecular formula is C20H28O2S. The predicted octanol–water partition coefficient (Wildman–Crippen LogP) is 4.42. The Morgan fingerprint density at radius 1 is 1.26 bits per heavy atom. The van der Waals surface area contributed by atoms with E-state index in [4.69, 9.17) is 4.74 Å². The van der Waals surface area contributed by atoms with Gasteiger partial charge in [-0.25, -0.2) is 0 Å². The zero-order valence-electron chi connectivity index (χ0n) is 14.4. The SMILES string of the molecule is CC[C@@](O)(c1ccccc1)C1OC[C@@H]2[C@H](C[C@H]3C[C@@H]2C3(C)C)S1. The van der Waals surface area contributed by atoms with E-state index in [1.54, 1.807) is 0 Å². The summed E-state index contributed by atoms with van der Waals surface area (Å²) >= 11 is 1.90. The number of hydrogen-bond donors (Lipinski definition) is 1. The Labute approximate surface area is 144 Å². The van der Waals surface area contributed by atoms with E-state index in [1.807, 2.05) is 42.1 Å². The van der Waals surface area contributed by atoms with Crippen LogP contribution < -0.4 is 0 Å². The van der Waals surface area contributed by atoms with Crippen LogP contribution in [0.5, 0.6) is 0 Å². The van der Waals surface area contributed by atoms with Gasteiger partial charge < -0.3 is 9.84 Å². The largest absolute Gasteiger partial charge is 0.382 e. The van der Waals surface area contributed by atoms with Crippen molar-refractivity contribution in [3.05, 3.63) is 35.9 Å². The Morgan fingerprint density at radius 3 is 2.65 bits per heavy atom. The third-order valence-corrected chi connectivity index (χ3v) is 8.66. The van der Waals surface area contributed by atoms with Gasteiger partial charge in [-0.2, -0.15) is 0 Å². The minimum Gasteiger partial charge on any atom is -0.382 e. The molecule has 1 unspecified atom stereocenters. The van der Waals surface area contributed by atoms with Gasteiger partial charge >= 0.3 is 0 Å². The van der Waals surface area contributed by atoms with Crippen LogP contribution in [0.15, 0.2) is 30.3 Å². The van der Waals surface area contributed by atoms with Crippen LogP contribution in [-0.2, 0) is 10.3 Å². The third kappa shape index (κ3) is 2.31. The molecule has 0 amide bonds. The van der Waals surface area contributed by atoms with Gasteiger partial charge in [0.05, 0.1) is 6.61 Å². The first-order valence-electron chi connectivity index (χ1n) is 9.01. The summed E-state index contributed by atoms with van der Waals surface area (Å²) in [6.45, 7) is 7.75. The maximum Gasteiger partial charge on any atom is 0.136 e. The monoisotopic (exact) mass is 332 g/mol. The molecule has 1 aliphatic heterocycles. The quantitative estimate of drug-likeness (QED) is 0.888. The van der Waals surface area contributed by atoms with Crippen LogP contribution in [0.2, 0.25) is 0 Å². The fraction of sp³-hybridized carbons (Fsp3) is 0.700. The number of hydrogen-bond acceptors (Lipinski definition) is 3. The van der Waals surface area contributed by atoms with Crippen molar-refractivity contribution in [3.63, 3.8) is 0 Å². The summed E-state index contributed by atoms with van der Waals surface area (Å²) in [7, 11) is 0. The van der Waals surface area contributed by atoms with E-state index in [2.05, 4.69) is 20.8 Å². The highest BCUT2D eigenvalue weighted by atomic mass is 32.2. The van der Waals surface area contributed by atoms with Gasteiger partial charge in [0, 0.05) is 5.25 Å². The molecule has 0 radical (unpaired) electrons. The lowest BCUT2D eigenvalue weighted by molar-refractivity contribution is -0.150. The molecule has 126 valence electrons. The molecular weight excluding hydrogens is 304 g/mol. The smallest absolute Gasteiger partial charge is 0.136 e. The van der Waals surface area contributed by atoms with Crippen molar-refractivity contribution in [2.45, 2.75) is 56.3 Å². The summed E-state index contributed by atoms with van der Waals surface area (Å²) in [5.74, 6) is 2.35. The van der Waals surface area contributed by atoms with Gasteiger partial charge in [0.25, 0.3) is 0 Å². The van der Waals surface area contributed by atoms with Gasteiger partial charge in [0.15, 0.2) is 0 Å². The van der Waals surface area contributed by atoms with Gasteiger partial charge in [-0.05, 0) is 48.0 Å². The zero-order valence-corrected chi connectivity index (χ0v) is 15.2.